The standard InChI is InChI=1S/C25H38N4O2/c1-19-5-4-13-28(18-19)14-12-24(30)29-15-10-20(11-16-29)23-9-8-21(17-26-23)25(31)27-22-6-2-3-7-22/h8-9,17,19-20,22H,2-7,10-16,18H2,1H3,(H,27,31)/t19-/m1/s1. The summed E-state index contributed by atoms with van der Waals surface area (Å²) in [5.41, 5.74) is 1.70. The van der Waals surface area contributed by atoms with Crippen LogP contribution < -0.4 is 5.32 Å². The molecular weight excluding hydrogens is 388 g/mol. The molecule has 0 spiro atoms. The van der Waals surface area contributed by atoms with Crippen molar-refractivity contribution in [1.82, 2.24) is 20.1 Å². The largest absolute Gasteiger partial charge is 0.349 e. The fourth-order valence-corrected chi connectivity index (χ4v) is 5.45. The molecule has 2 saturated heterocycles. The molecule has 1 aromatic rings. The van der Waals surface area contributed by atoms with Crippen LogP contribution in [-0.4, -0.2) is 65.4 Å². The molecular formula is C25H38N4O2. The average Bonchev–Trinajstić information content (AvgIpc) is 3.31. The zero-order chi connectivity index (χ0) is 21.6. The van der Waals surface area contributed by atoms with Crippen LogP contribution in [0.5, 0.6) is 0 Å². The Bertz CT molecular complexity index is 736. The number of carbonyl (C=O) groups is 2. The van der Waals surface area contributed by atoms with E-state index in [9.17, 15) is 9.59 Å². The van der Waals surface area contributed by atoms with Crippen molar-refractivity contribution in [2.24, 2.45) is 5.92 Å². The molecule has 3 fully saturated rings. The van der Waals surface area contributed by atoms with Gasteiger partial charge in [-0.05, 0) is 63.1 Å². The normalized spacial score (nSPS) is 23.8. The maximum absolute atomic E-state index is 12.7. The highest BCUT2D eigenvalue weighted by Crippen LogP contribution is 2.27. The molecule has 0 radical (unpaired) electrons. The van der Waals surface area contributed by atoms with Gasteiger partial charge in [0.15, 0.2) is 0 Å². The van der Waals surface area contributed by atoms with Gasteiger partial charge >= 0.3 is 0 Å². The lowest BCUT2D eigenvalue weighted by Gasteiger charge is -2.34. The minimum absolute atomic E-state index is 0.00512. The molecule has 2 aliphatic heterocycles. The molecule has 3 heterocycles. The number of aromatic nitrogens is 1. The first-order valence-electron chi connectivity index (χ1n) is 12.4. The van der Waals surface area contributed by atoms with Gasteiger partial charge in [0.25, 0.3) is 5.91 Å². The van der Waals surface area contributed by atoms with Crippen LogP contribution in [-0.2, 0) is 4.79 Å². The van der Waals surface area contributed by atoms with Gasteiger partial charge in [-0.15, -0.1) is 0 Å². The number of hydrogen-bond acceptors (Lipinski definition) is 4. The summed E-state index contributed by atoms with van der Waals surface area (Å²) in [6, 6.07) is 4.24. The van der Waals surface area contributed by atoms with E-state index in [1.54, 1.807) is 6.20 Å². The van der Waals surface area contributed by atoms with Gasteiger partial charge in [0.2, 0.25) is 5.91 Å². The molecule has 0 aromatic carbocycles. The van der Waals surface area contributed by atoms with Crippen LogP contribution in [0, 0.1) is 5.92 Å². The van der Waals surface area contributed by atoms with Crippen LogP contribution in [0.2, 0.25) is 0 Å². The Labute approximate surface area is 186 Å². The highest BCUT2D eigenvalue weighted by atomic mass is 16.2. The molecule has 0 bridgehead atoms. The molecule has 1 aromatic heterocycles. The molecule has 31 heavy (non-hydrogen) atoms. The first-order valence-corrected chi connectivity index (χ1v) is 12.4. The van der Waals surface area contributed by atoms with Crippen LogP contribution in [0.1, 0.15) is 86.7 Å². The number of nitrogens with one attached hydrogen (secondary N) is 1. The molecule has 1 atom stereocenters. The Morgan fingerprint density at radius 1 is 1.03 bits per heavy atom. The average molecular weight is 427 g/mol. The minimum atomic E-state index is -0.00512. The quantitative estimate of drug-likeness (QED) is 0.755. The summed E-state index contributed by atoms with van der Waals surface area (Å²) in [6.07, 6.45) is 11.4. The van der Waals surface area contributed by atoms with Crippen molar-refractivity contribution in [3.05, 3.63) is 29.6 Å². The molecule has 6 nitrogen and oxygen atoms in total. The fourth-order valence-electron chi connectivity index (χ4n) is 5.45. The summed E-state index contributed by atoms with van der Waals surface area (Å²) >= 11 is 0. The summed E-state index contributed by atoms with van der Waals surface area (Å²) < 4.78 is 0. The van der Waals surface area contributed by atoms with Crippen molar-refractivity contribution in [1.29, 1.82) is 0 Å². The topological polar surface area (TPSA) is 65.5 Å². The van der Waals surface area contributed by atoms with Crippen LogP contribution >= 0.6 is 0 Å². The number of amides is 2. The maximum Gasteiger partial charge on any atom is 0.253 e. The third kappa shape index (κ3) is 6.06. The molecule has 1 N–H and O–H groups in total. The molecule has 6 heteroatoms. The first-order chi connectivity index (χ1) is 15.1. The second-order valence-corrected chi connectivity index (χ2v) is 9.88. The van der Waals surface area contributed by atoms with Gasteiger partial charge < -0.3 is 15.1 Å². The van der Waals surface area contributed by atoms with Gasteiger partial charge in [-0.25, -0.2) is 0 Å². The summed E-state index contributed by atoms with van der Waals surface area (Å²) in [7, 11) is 0. The van der Waals surface area contributed by atoms with E-state index < -0.39 is 0 Å². The molecule has 1 aliphatic carbocycles. The minimum Gasteiger partial charge on any atom is -0.349 e. The number of rotatable bonds is 6. The third-order valence-corrected chi connectivity index (χ3v) is 7.39. The van der Waals surface area contributed by atoms with Gasteiger partial charge in [-0.3, -0.25) is 14.6 Å². The van der Waals surface area contributed by atoms with E-state index in [1.807, 2.05) is 17.0 Å². The number of likely N-dealkylation sites (tertiary alicyclic amines) is 2. The van der Waals surface area contributed by atoms with Crippen molar-refractivity contribution in [3.8, 4) is 0 Å². The molecule has 0 unspecified atom stereocenters. The van der Waals surface area contributed by atoms with Gasteiger partial charge in [0.1, 0.15) is 0 Å². The summed E-state index contributed by atoms with van der Waals surface area (Å²) in [4.78, 5) is 34.2. The summed E-state index contributed by atoms with van der Waals surface area (Å²) in [5.74, 6) is 1.42. The van der Waals surface area contributed by atoms with E-state index in [1.165, 1.54) is 25.7 Å². The Morgan fingerprint density at radius 2 is 1.81 bits per heavy atom. The predicted octanol–water partition coefficient (Wildman–Crippen LogP) is 3.58. The van der Waals surface area contributed by atoms with E-state index in [4.69, 9.17) is 0 Å². The third-order valence-electron chi connectivity index (χ3n) is 7.39. The zero-order valence-electron chi connectivity index (χ0n) is 19.0. The van der Waals surface area contributed by atoms with Crippen LogP contribution in [0.15, 0.2) is 18.3 Å². The lowest BCUT2D eigenvalue weighted by atomic mass is 9.92. The van der Waals surface area contributed by atoms with Crippen LogP contribution in [0.3, 0.4) is 0 Å². The highest BCUT2D eigenvalue weighted by molar-refractivity contribution is 5.94. The second-order valence-electron chi connectivity index (χ2n) is 9.88. The van der Waals surface area contributed by atoms with Crippen molar-refractivity contribution in [3.63, 3.8) is 0 Å². The highest BCUT2D eigenvalue weighted by Gasteiger charge is 2.26. The number of piperidine rings is 2. The Morgan fingerprint density at radius 3 is 2.48 bits per heavy atom. The number of hydrogen-bond donors (Lipinski definition) is 1. The maximum atomic E-state index is 12.7. The smallest absolute Gasteiger partial charge is 0.253 e. The number of pyridine rings is 1. The van der Waals surface area contributed by atoms with E-state index in [0.717, 1.165) is 70.0 Å². The lowest BCUT2D eigenvalue weighted by Crippen LogP contribution is -2.41. The Kier molecular flexibility index (Phi) is 7.59. The van der Waals surface area contributed by atoms with Gasteiger partial charge in [0, 0.05) is 56.5 Å². The molecule has 170 valence electrons. The monoisotopic (exact) mass is 426 g/mol. The van der Waals surface area contributed by atoms with Gasteiger partial charge in [-0.2, -0.15) is 0 Å². The number of nitrogens with zero attached hydrogens (tertiary/aromatic N) is 3. The summed E-state index contributed by atoms with van der Waals surface area (Å²) in [5, 5.41) is 3.12. The van der Waals surface area contributed by atoms with Crippen LogP contribution in [0.25, 0.3) is 0 Å². The van der Waals surface area contributed by atoms with Crippen molar-refractivity contribution >= 4 is 11.8 Å². The van der Waals surface area contributed by atoms with E-state index >= 15 is 0 Å². The number of carbonyl (C=O) groups excluding carboxylic acids is 2. The SMILES string of the molecule is C[C@@H]1CCCN(CCC(=O)N2CCC(c3ccc(C(=O)NC4CCCC4)cn3)CC2)C1. The van der Waals surface area contributed by atoms with E-state index in [2.05, 4.69) is 22.1 Å². The van der Waals surface area contributed by atoms with E-state index in [-0.39, 0.29) is 5.91 Å². The predicted molar refractivity (Wildman–Crippen MR) is 122 cm³/mol. The zero-order valence-corrected chi connectivity index (χ0v) is 19.0. The lowest BCUT2D eigenvalue weighted by molar-refractivity contribution is -0.132. The first kappa shape index (κ1) is 22.3. The fraction of sp³-hybridized carbons (Fsp3) is 0.720. The summed E-state index contributed by atoms with van der Waals surface area (Å²) in [6.45, 7) is 7.10. The second kappa shape index (κ2) is 10.6. The molecule has 4 rings (SSSR count). The molecule has 2 amide bonds. The van der Waals surface area contributed by atoms with Crippen LogP contribution in [0.4, 0.5) is 0 Å². The van der Waals surface area contributed by atoms with Crippen molar-refractivity contribution in [2.75, 3.05) is 32.7 Å². The Balaban J connectivity index is 1.21. The Hall–Kier alpha value is -1.95. The molecule has 3 aliphatic rings. The van der Waals surface area contributed by atoms with Crippen molar-refractivity contribution < 1.29 is 9.59 Å². The van der Waals surface area contributed by atoms with Crippen molar-refractivity contribution in [2.45, 2.75) is 76.7 Å². The van der Waals surface area contributed by atoms with E-state index in [0.29, 0.717) is 29.9 Å². The van der Waals surface area contributed by atoms with Gasteiger partial charge in [-0.1, -0.05) is 19.8 Å². The van der Waals surface area contributed by atoms with Gasteiger partial charge in [0.05, 0.1) is 5.56 Å². The molecule has 1 saturated carbocycles.